The van der Waals surface area contributed by atoms with Gasteiger partial charge in [0.05, 0.1) is 6.33 Å². The zero-order valence-corrected chi connectivity index (χ0v) is 11.3. The first-order valence-electron chi connectivity index (χ1n) is 6.49. The summed E-state index contributed by atoms with van der Waals surface area (Å²) in [7, 11) is 0. The highest BCUT2D eigenvalue weighted by molar-refractivity contribution is 6.28. The molecule has 0 amide bonds. The summed E-state index contributed by atoms with van der Waals surface area (Å²) < 4.78 is 0. The van der Waals surface area contributed by atoms with Gasteiger partial charge in [0.1, 0.15) is 5.52 Å². The Hall–Kier alpha value is -2.14. The number of aromatic nitrogens is 4. The van der Waals surface area contributed by atoms with Crippen LogP contribution in [0.15, 0.2) is 36.7 Å². The quantitative estimate of drug-likeness (QED) is 0.726. The minimum Gasteiger partial charge on any atom is -0.365 e. The van der Waals surface area contributed by atoms with E-state index in [9.17, 15) is 0 Å². The molecule has 1 aromatic carbocycles. The lowest BCUT2D eigenvalue weighted by atomic mass is 10.1. The van der Waals surface area contributed by atoms with Gasteiger partial charge in [0.25, 0.3) is 0 Å². The van der Waals surface area contributed by atoms with Crippen LogP contribution in [0, 0.1) is 0 Å². The van der Waals surface area contributed by atoms with E-state index in [4.69, 9.17) is 11.6 Å². The molecular weight excluding hydrogens is 274 g/mol. The van der Waals surface area contributed by atoms with Crippen LogP contribution in [0.3, 0.4) is 0 Å². The molecule has 2 heterocycles. The van der Waals surface area contributed by atoms with E-state index in [-0.39, 0.29) is 5.28 Å². The number of halogens is 1. The second kappa shape index (κ2) is 4.45. The van der Waals surface area contributed by atoms with Crippen molar-refractivity contribution < 1.29 is 0 Å². The second-order valence-corrected chi connectivity index (χ2v) is 5.28. The minimum atomic E-state index is 0.212. The number of rotatable bonds is 3. The molecule has 0 spiro atoms. The molecule has 100 valence electrons. The molecule has 6 heteroatoms. The first kappa shape index (κ1) is 11.7. The standard InChI is InChI=1S/C14H12ClN5/c15-14-19-12-11(16-7-17-12)13(20-14)18-10-6-9(10)8-4-2-1-3-5-8/h1-5,7,9-10H,6H2,(H2,16,17,18,19,20). The van der Waals surface area contributed by atoms with E-state index in [1.807, 2.05) is 6.07 Å². The molecule has 0 saturated heterocycles. The van der Waals surface area contributed by atoms with Crippen molar-refractivity contribution in [2.45, 2.75) is 18.4 Å². The largest absolute Gasteiger partial charge is 0.365 e. The smallest absolute Gasteiger partial charge is 0.226 e. The van der Waals surface area contributed by atoms with E-state index >= 15 is 0 Å². The molecule has 1 fully saturated rings. The van der Waals surface area contributed by atoms with Gasteiger partial charge >= 0.3 is 0 Å². The molecule has 4 rings (SSSR count). The van der Waals surface area contributed by atoms with Crippen molar-refractivity contribution in [1.29, 1.82) is 0 Å². The number of hydrogen-bond acceptors (Lipinski definition) is 4. The number of nitrogens with zero attached hydrogens (tertiary/aromatic N) is 3. The number of benzene rings is 1. The van der Waals surface area contributed by atoms with Crippen molar-refractivity contribution in [2.24, 2.45) is 0 Å². The molecule has 0 bridgehead atoms. The number of anilines is 1. The summed E-state index contributed by atoms with van der Waals surface area (Å²) >= 11 is 5.92. The summed E-state index contributed by atoms with van der Waals surface area (Å²) in [6.45, 7) is 0. The lowest BCUT2D eigenvalue weighted by molar-refractivity contribution is 1.03. The van der Waals surface area contributed by atoms with Gasteiger partial charge in [0.15, 0.2) is 11.5 Å². The van der Waals surface area contributed by atoms with Gasteiger partial charge in [-0.3, -0.25) is 0 Å². The number of fused-ring (bicyclic) bond motifs is 1. The molecule has 0 radical (unpaired) electrons. The molecule has 3 aromatic rings. The Labute approximate surface area is 120 Å². The lowest BCUT2D eigenvalue weighted by Crippen LogP contribution is -2.07. The third-order valence-corrected chi connectivity index (χ3v) is 3.77. The average Bonchev–Trinajstić information content (AvgIpc) is 3.06. The highest BCUT2D eigenvalue weighted by Crippen LogP contribution is 2.43. The van der Waals surface area contributed by atoms with Crippen LogP contribution in [0.1, 0.15) is 17.9 Å². The fourth-order valence-corrected chi connectivity index (χ4v) is 2.67. The topological polar surface area (TPSA) is 66.5 Å². The van der Waals surface area contributed by atoms with E-state index in [2.05, 4.69) is 49.5 Å². The maximum absolute atomic E-state index is 5.92. The molecule has 1 saturated carbocycles. The number of nitrogens with one attached hydrogen (secondary N) is 2. The molecule has 1 aliphatic carbocycles. The summed E-state index contributed by atoms with van der Waals surface area (Å²) in [6.07, 6.45) is 2.70. The average molecular weight is 286 g/mol. The Balaban J connectivity index is 1.59. The first-order chi connectivity index (χ1) is 9.81. The van der Waals surface area contributed by atoms with E-state index < -0.39 is 0 Å². The number of H-pyrrole nitrogens is 1. The SMILES string of the molecule is Clc1nc(NC2CC2c2ccccc2)c2[nH]cnc2n1. The van der Waals surface area contributed by atoms with E-state index in [0.29, 0.717) is 17.6 Å². The van der Waals surface area contributed by atoms with Crippen molar-refractivity contribution >= 4 is 28.6 Å². The Morgan fingerprint density at radius 1 is 1.20 bits per heavy atom. The van der Waals surface area contributed by atoms with Crippen LogP contribution in [-0.4, -0.2) is 26.0 Å². The van der Waals surface area contributed by atoms with Gasteiger partial charge in [-0.05, 0) is 23.6 Å². The Kier molecular flexibility index (Phi) is 2.60. The van der Waals surface area contributed by atoms with Crippen molar-refractivity contribution in [3.63, 3.8) is 0 Å². The fourth-order valence-electron chi connectivity index (χ4n) is 2.51. The van der Waals surface area contributed by atoms with Gasteiger partial charge in [0.2, 0.25) is 5.28 Å². The van der Waals surface area contributed by atoms with Crippen LogP contribution in [0.25, 0.3) is 11.2 Å². The van der Waals surface area contributed by atoms with Crippen molar-refractivity contribution in [2.75, 3.05) is 5.32 Å². The monoisotopic (exact) mass is 285 g/mol. The first-order valence-corrected chi connectivity index (χ1v) is 6.87. The zero-order valence-electron chi connectivity index (χ0n) is 10.5. The fraction of sp³-hybridized carbons (Fsp3) is 0.214. The van der Waals surface area contributed by atoms with Crippen LogP contribution < -0.4 is 5.32 Å². The van der Waals surface area contributed by atoms with Crippen molar-refractivity contribution in [3.8, 4) is 0 Å². The van der Waals surface area contributed by atoms with Gasteiger partial charge < -0.3 is 10.3 Å². The van der Waals surface area contributed by atoms with Gasteiger partial charge in [0, 0.05) is 12.0 Å². The highest BCUT2D eigenvalue weighted by atomic mass is 35.5. The predicted octanol–water partition coefficient (Wildman–Crippen LogP) is 2.97. The number of aromatic amines is 1. The third-order valence-electron chi connectivity index (χ3n) is 3.60. The van der Waals surface area contributed by atoms with Crippen molar-refractivity contribution in [1.82, 2.24) is 19.9 Å². The molecule has 2 aromatic heterocycles. The van der Waals surface area contributed by atoms with Gasteiger partial charge in [-0.2, -0.15) is 9.97 Å². The predicted molar refractivity (Wildman–Crippen MR) is 77.9 cm³/mol. The molecule has 2 unspecified atom stereocenters. The molecule has 2 N–H and O–H groups in total. The maximum Gasteiger partial charge on any atom is 0.226 e. The number of imidazole rings is 1. The van der Waals surface area contributed by atoms with Gasteiger partial charge in [-0.1, -0.05) is 30.3 Å². The van der Waals surface area contributed by atoms with Crippen LogP contribution in [-0.2, 0) is 0 Å². The summed E-state index contributed by atoms with van der Waals surface area (Å²) in [4.78, 5) is 15.5. The molecule has 2 atom stereocenters. The Bertz CT molecular complexity index is 755. The lowest BCUT2D eigenvalue weighted by Gasteiger charge is -2.06. The summed E-state index contributed by atoms with van der Waals surface area (Å²) in [5, 5.41) is 3.64. The Morgan fingerprint density at radius 2 is 2.05 bits per heavy atom. The van der Waals surface area contributed by atoms with Crippen LogP contribution >= 0.6 is 11.6 Å². The Morgan fingerprint density at radius 3 is 2.90 bits per heavy atom. The van der Waals surface area contributed by atoms with E-state index in [1.165, 1.54) is 5.56 Å². The molecule has 1 aliphatic rings. The summed E-state index contributed by atoms with van der Waals surface area (Å²) in [6, 6.07) is 10.9. The third kappa shape index (κ3) is 2.00. The van der Waals surface area contributed by atoms with Crippen LogP contribution in [0.4, 0.5) is 5.82 Å². The molecular formula is C14H12ClN5. The normalized spacial score (nSPS) is 21.1. The molecule has 5 nitrogen and oxygen atoms in total. The summed E-state index contributed by atoms with van der Waals surface area (Å²) in [5.41, 5.74) is 2.74. The van der Waals surface area contributed by atoms with Crippen LogP contribution in [0.5, 0.6) is 0 Å². The molecule has 20 heavy (non-hydrogen) atoms. The molecule has 0 aliphatic heterocycles. The second-order valence-electron chi connectivity index (χ2n) is 4.95. The van der Waals surface area contributed by atoms with Crippen LogP contribution in [0.2, 0.25) is 5.28 Å². The van der Waals surface area contributed by atoms with Crippen molar-refractivity contribution in [3.05, 3.63) is 47.5 Å². The van der Waals surface area contributed by atoms with E-state index in [0.717, 1.165) is 17.8 Å². The highest BCUT2D eigenvalue weighted by Gasteiger charge is 2.38. The number of hydrogen-bond donors (Lipinski definition) is 2. The zero-order chi connectivity index (χ0) is 13.5. The minimum absolute atomic E-state index is 0.212. The van der Waals surface area contributed by atoms with E-state index in [1.54, 1.807) is 6.33 Å². The summed E-state index contributed by atoms with van der Waals surface area (Å²) in [5.74, 6) is 1.25. The van der Waals surface area contributed by atoms with Gasteiger partial charge in [-0.15, -0.1) is 0 Å². The van der Waals surface area contributed by atoms with Gasteiger partial charge in [-0.25, -0.2) is 4.98 Å². The maximum atomic E-state index is 5.92.